The molecule has 4 heteroatoms. The van der Waals surface area contributed by atoms with E-state index in [1.54, 1.807) is 36.7 Å². The van der Waals surface area contributed by atoms with Crippen molar-refractivity contribution in [2.24, 2.45) is 0 Å². The summed E-state index contributed by atoms with van der Waals surface area (Å²) in [5, 5.41) is 8.74. The van der Waals surface area contributed by atoms with Crippen molar-refractivity contribution < 1.29 is 40.9 Å². The van der Waals surface area contributed by atoms with Gasteiger partial charge in [0.25, 0.3) is 0 Å². The first kappa shape index (κ1) is 12.9. The Kier molecular flexibility index (Phi) is 4.68. The molecule has 0 aliphatic rings. The van der Waals surface area contributed by atoms with Crippen LogP contribution in [-0.4, -0.2) is 16.1 Å². The average molecular weight is 223 g/mol. The molecule has 3 nitrogen and oxygen atoms in total. The summed E-state index contributed by atoms with van der Waals surface area (Å²) in [4.78, 5) is 14.6. The molecule has 0 aliphatic carbocycles. The van der Waals surface area contributed by atoms with Gasteiger partial charge in [0.2, 0.25) is 0 Å². The van der Waals surface area contributed by atoms with E-state index in [-0.39, 0.29) is 31.0 Å². The Morgan fingerprint density at radius 1 is 1.00 bits per heavy atom. The third kappa shape index (κ3) is 2.92. The first-order valence-corrected chi connectivity index (χ1v) is 4.51. The van der Waals surface area contributed by atoms with Crippen LogP contribution < -0.4 is 29.6 Å². The number of hydrogen-bond acceptors (Lipinski definition) is 2. The predicted molar refractivity (Wildman–Crippen MR) is 57.7 cm³/mol. The van der Waals surface area contributed by atoms with E-state index >= 15 is 0 Å². The summed E-state index contributed by atoms with van der Waals surface area (Å²) >= 11 is 0. The molecule has 0 saturated heterocycles. The van der Waals surface area contributed by atoms with Crippen LogP contribution >= 0.6 is 0 Å². The molecule has 1 aromatic carbocycles. The van der Waals surface area contributed by atoms with Gasteiger partial charge in [-0.05, 0) is 35.4 Å². The number of carbonyl (C=O) groups is 1. The van der Waals surface area contributed by atoms with Crippen LogP contribution in [0.2, 0.25) is 0 Å². The number of hydrogen-bond donors (Lipinski definition) is 1. The van der Waals surface area contributed by atoms with Gasteiger partial charge in [0, 0.05) is 12.4 Å². The fraction of sp³-hybridized carbons (Fsp3) is 0. The zero-order chi connectivity index (χ0) is 10.7. The molecule has 76 valence electrons. The van der Waals surface area contributed by atoms with E-state index in [1.165, 1.54) is 0 Å². The Morgan fingerprint density at radius 3 is 2.00 bits per heavy atom. The van der Waals surface area contributed by atoms with E-state index in [0.717, 1.165) is 11.1 Å². The summed E-state index contributed by atoms with van der Waals surface area (Å²) in [6.07, 6.45) is 3.42. The maximum Gasteiger partial charge on any atom is 1.00 e. The van der Waals surface area contributed by atoms with E-state index in [2.05, 4.69) is 4.98 Å². The summed E-state index contributed by atoms with van der Waals surface area (Å²) in [7, 11) is 0. The molecule has 1 N–H and O–H groups in total. The molecule has 0 aliphatic heterocycles. The SMILES string of the molecule is O=C(O)c1ccc(-c2ccncc2)cc1.[H-].[Na+]. The van der Waals surface area contributed by atoms with Gasteiger partial charge < -0.3 is 6.53 Å². The van der Waals surface area contributed by atoms with Crippen molar-refractivity contribution in [2.45, 2.75) is 0 Å². The number of nitrogens with zero attached hydrogens (tertiary/aromatic N) is 1. The van der Waals surface area contributed by atoms with Crippen LogP contribution in [0.25, 0.3) is 11.1 Å². The van der Waals surface area contributed by atoms with E-state index in [1.807, 2.05) is 12.1 Å². The number of aromatic carboxylic acids is 1. The second kappa shape index (κ2) is 5.80. The molecule has 1 heterocycles. The summed E-state index contributed by atoms with van der Waals surface area (Å²) in [6, 6.07) is 10.5. The molecule has 0 atom stereocenters. The Balaban J connectivity index is 0.00000128. The molecule has 0 unspecified atom stereocenters. The molecule has 16 heavy (non-hydrogen) atoms. The number of aromatic nitrogens is 1. The first-order chi connectivity index (χ1) is 7.27. The minimum Gasteiger partial charge on any atom is -1.00 e. The second-order valence-corrected chi connectivity index (χ2v) is 3.12. The third-order valence-corrected chi connectivity index (χ3v) is 2.15. The number of rotatable bonds is 2. The maximum atomic E-state index is 10.6. The number of carboxylic acid groups (broad SMARTS) is 1. The van der Waals surface area contributed by atoms with Gasteiger partial charge in [-0.3, -0.25) is 4.98 Å². The van der Waals surface area contributed by atoms with Crippen molar-refractivity contribution in [2.75, 3.05) is 0 Å². The Hall–Kier alpha value is -1.16. The van der Waals surface area contributed by atoms with Crippen molar-refractivity contribution >= 4 is 5.97 Å². The van der Waals surface area contributed by atoms with E-state index < -0.39 is 5.97 Å². The van der Waals surface area contributed by atoms with Crippen molar-refractivity contribution in [3.05, 3.63) is 54.4 Å². The van der Waals surface area contributed by atoms with Crippen molar-refractivity contribution in [3.8, 4) is 11.1 Å². The van der Waals surface area contributed by atoms with Gasteiger partial charge in [0.1, 0.15) is 0 Å². The Labute approximate surface area is 117 Å². The second-order valence-electron chi connectivity index (χ2n) is 3.12. The molecule has 0 bridgehead atoms. The van der Waals surface area contributed by atoms with Gasteiger partial charge in [-0.25, -0.2) is 4.79 Å². The molecule has 0 fully saturated rings. The first-order valence-electron chi connectivity index (χ1n) is 4.51. The molecule has 2 rings (SSSR count). The number of carboxylic acids is 1. The minimum absolute atomic E-state index is 0. The van der Waals surface area contributed by atoms with Gasteiger partial charge >= 0.3 is 35.5 Å². The van der Waals surface area contributed by atoms with Crippen LogP contribution in [0.3, 0.4) is 0 Å². The van der Waals surface area contributed by atoms with Gasteiger partial charge in [0.15, 0.2) is 0 Å². The van der Waals surface area contributed by atoms with Crippen molar-refractivity contribution in [1.82, 2.24) is 4.98 Å². The largest absolute Gasteiger partial charge is 1.00 e. The maximum absolute atomic E-state index is 10.6. The number of benzene rings is 1. The predicted octanol–water partition coefficient (Wildman–Crippen LogP) is -0.437. The molecule has 0 radical (unpaired) electrons. The molecular weight excluding hydrogens is 213 g/mol. The molecular formula is C12H10NNaO2. The van der Waals surface area contributed by atoms with Gasteiger partial charge in [-0.15, -0.1) is 0 Å². The quantitative estimate of drug-likeness (QED) is 0.702. The van der Waals surface area contributed by atoms with E-state index in [4.69, 9.17) is 5.11 Å². The van der Waals surface area contributed by atoms with Crippen LogP contribution in [0, 0.1) is 0 Å². The fourth-order valence-corrected chi connectivity index (χ4v) is 1.35. The molecule has 0 amide bonds. The monoisotopic (exact) mass is 223 g/mol. The van der Waals surface area contributed by atoms with Crippen LogP contribution in [0.1, 0.15) is 11.8 Å². The summed E-state index contributed by atoms with van der Waals surface area (Å²) in [5.41, 5.74) is 2.32. The van der Waals surface area contributed by atoms with Gasteiger partial charge in [-0.2, -0.15) is 0 Å². The van der Waals surface area contributed by atoms with Gasteiger partial charge in [-0.1, -0.05) is 12.1 Å². The zero-order valence-corrected chi connectivity index (χ0v) is 10.9. The van der Waals surface area contributed by atoms with Crippen LogP contribution in [0.15, 0.2) is 48.8 Å². The normalized spacial score (nSPS) is 9.25. The molecule has 0 spiro atoms. The zero-order valence-electron chi connectivity index (χ0n) is 9.92. The number of pyridine rings is 1. The van der Waals surface area contributed by atoms with Gasteiger partial charge in [0.05, 0.1) is 5.56 Å². The minimum atomic E-state index is -0.906. The Morgan fingerprint density at radius 2 is 1.50 bits per heavy atom. The van der Waals surface area contributed by atoms with Crippen LogP contribution in [-0.2, 0) is 0 Å². The molecule has 1 aromatic heterocycles. The van der Waals surface area contributed by atoms with E-state index in [0.29, 0.717) is 5.56 Å². The smallest absolute Gasteiger partial charge is 1.00 e. The van der Waals surface area contributed by atoms with Crippen LogP contribution in [0.4, 0.5) is 0 Å². The topological polar surface area (TPSA) is 50.2 Å². The molecule has 0 saturated carbocycles. The van der Waals surface area contributed by atoms with E-state index in [9.17, 15) is 4.79 Å². The summed E-state index contributed by atoms with van der Waals surface area (Å²) < 4.78 is 0. The summed E-state index contributed by atoms with van der Waals surface area (Å²) in [6.45, 7) is 0. The van der Waals surface area contributed by atoms with Crippen LogP contribution in [0.5, 0.6) is 0 Å². The molecule has 2 aromatic rings. The third-order valence-electron chi connectivity index (χ3n) is 2.15. The standard InChI is InChI=1S/C12H9NO2.Na.H/c14-12(15)11-3-1-9(2-4-11)10-5-7-13-8-6-10;;/h1-8H,(H,14,15);;/q;+1;-1. The summed E-state index contributed by atoms with van der Waals surface area (Å²) in [5.74, 6) is -0.906. The Bertz CT molecular complexity index is 474. The average Bonchev–Trinajstić information content (AvgIpc) is 2.30. The van der Waals surface area contributed by atoms with Crippen molar-refractivity contribution in [1.29, 1.82) is 0 Å². The fourth-order valence-electron chi connectivity index (χ4n) is 1.35. The van der Waals surface area contributed by atoms with Crippen molar-refractivity contribution in [3.63, 3.8) is 0 Å².